The lowest BCUT2D eigenvalue weighted by Crippen LogP contribution is -2.28. The number of aromatic nitrogens is 2. The second kappa shape index (κ2) is 7.40. The van der Waals surface area contributed by atoms with E-state index in [1.54, 1.807) is 50.8 Å². The Hall–Kier alpha value is -2.63. The van der Waals surface area contributed by atoms with Gasteiger partial charge in [-0.25, -0.2) is 0 Å². The minimum absolute atomic E-state index is 0.0193. The molecule has 0 saturated carbocycles. The number of rotatable bonds is 6. The molecule has 116 valence electrons. The van der Waals surface area contributed by atoms with E-state index in [9.17, 15) is 4.79 Å². The number of likely N-dealkylation sites (N-methyl/N-ethyl adjacent to an activating group) is 1. The van der Waals surface area contributed by atoms with Crippen LogP contribution in [0.25, 0.3) is 0 Å². The van der Waals surface area contributed by atoms with E-state index in [4.69, 9.17) is 9.47 Å². The Labute approximate surface area is 129 Å². The Morgan fingerprint density at radius 3 is 2.68 bits per heavy atom. The van der Waals surface area contributed by atoms with Crippen LogP contribution in [0.1, 0.15) is 11.3 Å². The van der Waals surface area contributed by atoms with Crippen molar-refractivity contribution >= 4 is 5.91 Å². The lowest BCUT2D eigenvalue weighted by atomic mass is 10.1. The molecule has 0 atom stereocenters. The summed E-state index contributed by atoms with van der Waals surface area (Å²) in [4.78, 5) is 22.1. The number of ether oxygens (including phenoxy) is 2. The fraction of sp³-hybridized carbons (Fsp3) is 0.312. The maximum Gasteiger partial charge on any atom is 0.227 e. The lowest BCUT2D eigenvalue weighted by molar-refractivity contribution is -0.129. The van der Waals surface area contributed by atoms with Crippen molar-refractivity contribution in [2.75, 3.05) is 21.3 Å². The average Bonchev–Trinajstić information content (AvgIpc) is 2.56. The third kappa shape index (κ3) is 3.94. The van der Waals surface area contributed by atoms with Gasteiger partial charge in [-0.1, -0.05) is 6.07 Å². The maximum absolute atomic E-state index is 12.3. The summed E-state index contributed by atoms with van der Waals surface area (Å²) >= 11 is 0. The molecule has 0 aliphatic heterocycles. The van der Waals surface area contributed by atoms with E-state index in [1.165, 1.54) is 0 Å². The number of methoxy groups -OCH3 is 2. The van der Waals surface area contributed by atoms with E-state index < -0.39 is 0 Å². The van der Waals surface area contributed by atoms with Gasteiger partial charge < -0.3 is 14.4 Å². The Kier molecular flexibility index (Phi) is 5.30. The van der Waals surface area contributed by atoms with Gasteiger partial charge in [-0.2, -0.15) is 0 Å². The number of amides is 1. The van der Waals surface area contributed by atoms with Crippen LogP contribution >= 0.6 is 0 Å². The fourth-order valence-electron chi connectivity index (χ4n) is 2.04. The van der Waals surface area contributed by atoms with E-state index in [1.807, 2.05) is 12.1 Å². The highest BCUT2D eigenvalue weighted by atomic mass is 16.5. The van der Waals surface area contributed by atoms with E-state index in [0.717, 1.165) is 11.3 Å². The van der Waals surface area contributed by atoms with Gasteiger partial charge in [0.15, 0.2) is 0 Å². The van der Waals surface area contributed by atoms with E-state index in [0.29, 0.717) is 18.0 Å². The van der Waals surface area contributed by atoms with E-state index >= 15 is 0 Å². The molecule has 1 aromatic carbocycles. The van der Waals surface area contributed by atoms with Crippen LogP contribution in [0.5, 0.6) is 11.5 Å². The zero-order valence-electron chi connectivity index (χ0n) is 12.9. The van der Waals surface area contributed by atoms with Gasteiger partial charge in [0, 0.05) is 31.1 Å². The van der Waals surface area contributed by atoms with Crippen molar-refractivity contribution in [2.24, 2.45) is 0 Å². The van der Waals surface area contributed by atoms with Crippen LogP contribution in [-0.2, 0) is 17.8 Å². The predicted molar refractivity (Wildman–Crippen MR) is 81.8 cm³/mol. The Balaban J connectivity index is 2.05. The maximum atomic E-state index is 12.3. The van der Waals surface area contributed by atoms with Crippen molar-refractivity contribution in [1.82, 2.24) is 14.9 Å². The highest BCUT2D eigenvalue weighted by Crippen LogP contribution is 2.25. The Bertz CT molecular complexity index is 632. The molecule has 0 N–H and O–H groups in total. The largest absolute Gasteiger partial charge is 0.497 e. The summed E-state index contributed by atoms with van der Waals surface area (Å²) in [5.74, 6) is 1.32. The molecule has 2 rings (SSSR count). The smallest absolute Gasteiger partial charge is 0.227 e. The number of carbonyl (C=O) groups excluding carboxylic acids is 1. The van der Waals surface area contributed by atoms with Crippen molar-refractivity contribution in [3.05, 3.63) is 48.0 Å². The predicted octanol–water partition coefficient (Wildman–Crippen LogP) is 1.69. The zero-order chi connectivity index (χ0) is 15.9. The third-order valence-electron chi connectivity index (χ3n) is 3.28. The van der Waals surface area contributed by atoms with Crippen molar-refractivity contribution in [1.29, 1.82) is 0 Å². The van der Waals surface area contributed by atoms with Gasteiger partial charge in [-0.3, -0.25) is 14.8 Å². The first kappa shape index (κ1) is 15.8. The summed E-state index contributed by atoms with van der Waals surface area (Å²) in [6.45, 7) is 0.422. The molecule has 1 aromatic heterocycles. The van der Waals surface area contributed by atoms with Crippen LogP contribution in [0.3, 0.4) is 0 Å². The molecule has 0 fully saturated rings. The lowest BCUT2D eigenvalue weighted by Gasteiger charge is -2.17. The first-order chi connectivity index (χ1) is 10.6. The van der Waals surface area contributed by atoms with Gasteiger partial charge in [0.05, 0.1) is 39.1 Å². The third-order valence-corrected chi connectivity index (χ3v) is 3.28. The van der Waals surface area contributed by atoms with Crippen molar-refractivity contribution in [2.45, 2.75) is 13.0 Å². The zero-order valence-corrected chi connectivity index (χ0v) is 12.9. The van der Waals surface area contributed by atoms with Crippen molar-refractivity contribution in [3.63, 3.8) is 0 Å². The molecule has 0 aliphatic rings. The second-order valence-corrected chi connectivity index (χ2v) is 4.80. The first-order valence-corrected chi connectivity index (χ1v) is 6.83. The first-order valence-electron chi connectivity index (χ1n) is 6.83. The molecule has 0 saturated heterocycles. The molecular formula is C16H19N3O3. The average molecular weight is 301 g/mol. The van der Waals surface area contributed by atoms with Crippen molar-refractivity contribution < 1.29 is 14.3 Å². The number of benzene rings is 1. The molecule has 6 heteroatoms. The van der Waals surface area contributed by atoms with Gasteiger partial charge in [0.1, 0.15) is 11.5 Å². The van der Waals surface area contributed by atoms with Gasteiger partial charge in [-0.15, -0.1) is 0 Å². The van der Waals surface area contributed by atoms with Crippen LogP contribution in [0.2, 0.25) is 0 Å². The molecule has 1 heterocycles. The van der Waals surface area contributed by atoms with Gasteiger partial charge in [0.2, 0.25) is 5.91 Å². The summed E-state index contributed by atoms with van der Waals surface area (Å²) in [6, 6.07) is 5.42. The normalized spacial score (nSPS) is 10.1. The van der Waals surface area contributed by atoms with E-state index in [-0.39, 0.29) is 12.3 Å². The number of carbonyl (C=O) groups is 1. The van der Waals surface area contributed by atoms with Crippen LogP contribution in [0, 0.1) is 0 Å². The highest BCUT2D eigenvalue weighted by Gasteiger charge is 2.14. The molecule has 2 aromatic rings. The molecule has 22 heavy (non-hydrogen) atoms. The van der Waals surface area contributed by atoms with Crippen LogP contribution in [0.4, 0.5) is 0 Å². The minimum Gasteiger partial charge on any atom is -0.497 e. The SMILES string of the molecule is COc1ccc(CC(=O)N(C)Cc2cnccn2)c(OC)c1. The molecule has 0 aliphatic carbocycles. The van der Waals surface area contributed by atoms with Gasteiger partial charge in [0.25, 0.3) is 0 Å². The minimum atomic E-state index is -0.0193. The monoisotopic (exact) mass is 301 g/mol. The highest BCUT2D eigenvalue weighted by molar-refractivity contribution is 5.79. The molecule has 6 nitrogen and oxygen atoms in total. The Morgan fingerprint density at radius 1 is 1.23 bits per heavy atom. The second-order valence-electron chi connectivity index (χ2n) is 4.80. The number of hydrogen-bond acceptors (Lipinski definition) is 5. The van der Waals surface area contributed by atoms with Crippen LogP contribution in [-0.4, -0.2) is 42.0 Å². The summed E-state index contributed by atoms with van der Waals surface area (Å²) in [6.07, 6.45) is 5.12. The summed E-state index contributed by atoms with van der Waals surface area (Å²) in [5.41, 5.74) is 1.57. The molecule has 0 unspecified atom stereocenters. The van der Waals surface area contributed by atoms with Crippen molar-refractivity contribution in [3.8, 4) is 11.5 Å². The van der Waals surface area contributed by atoms with Gasteiger partial charge >= 0.3 is 0 Å². The summed E-state index contributed by atoms with van der Waals surface area (Å²) in [5, 5.41) is 0. The number of hydrogen-bond donors (Lipinski definition) is 0. The quantitative estimate of drug-likeness (QED) is 0.812. The summed E-state index contributed by atoms with van der Waals surface area (Å²) < 4.78 is 10.5. The number of nitrogens with zero attached hydrogens (tertiary/aromatic N) is 3. The van der Waals surface area contributed by atoms with Crippen LogP contribution < -0.4 is 9.47 Å². The standard InChI is InChI=1S/C16H19N3O3/c1-19(11-13-10-17-6-7-18-13)16(20)8-12-4-5-14(21-2)9-15(12)22-3/h4-7,9-10H,8,11H2,1-3H3. The topological polar surface area (TPSA) is 64.5 Å². The Morgan fingerprint density at radius 2 is 2.05 bits per heavy atom. The molecule has 1 amide bonds. The van der Waals surface area contributed by atoms with Crippen LogP contribution in [0.15, 0.2) is 36.8 Å². The molecule has 0 spiro atoms. The van der Waals surface area contributed by atoms with Gasteiger partial charge in [-0.05, 0) is 6.07 Å². The fourth-order valence-corrected chi connectivity index (χ4v) is 2.04. The summed E-state index contributed by atoms with van der Waals surface area (Å²) in [7, 11) is 4.91. The molecule has 0 bridgehead atoms. The molecule has 0 radical (unpaired) electrons. The van der Waals surface area contributed by atoms with E-state index in [2.05, 4.69) is 9.97 Å². The molecular weight excluding hydrogens is 282 g/mol.